The van der Waals surface area contributed by atoms with Crippen LogP contribution in [0.1, 0.15) is 45.4 Å². The molecule has 0 spiro atoms. The quantitative estimate of drug-likeness (QED) is 0.141. The molecule has 2 aliphatic heterocycles. The van der Waals surface area contributed by atoms with Gasteiger partial charge in [0.05, 0.1) is 18.3 Å². The SMILES string of the molecule is C/C=C(/C)C(=O)O[C@@H]1Cc2c(c(-c3cccc(O)c3)c3oc(CO)cc(=O)c3c2O)O[C@@]1(C)[C@@H](CO)CC1=CNC(NCC)C=C1. The van der Waals surface area contributed by atoms with Crippen molar-refractivity contribution in [3.63, 3.8) is 0 Å². The molecule has 5 rings (SSSR count). The summed E-state index contributed by atoms with van der Waals surface area (Å²) in [6.07, 6.45) is 6.67. The number of nitrogens with one attached hydrogen (secondary N) is 2. The first kappa shape index (κ1) is 32.8. The summed E-state index contributed by atoms with van der Waals surface area (Å²) >= 11 is 0. The third-order valence-corrected chi connectivity index (χ3v) is 8.78. The van der Waals surface area contributed by atoms with E-state index in [9.17, 15) is 30.0 Å². The third kappa shape index (κ3) is 6.13. The van der Waals surface area contributed by atoms with Gasteiger partial charge in [0, 0.05) is 35.7 Å². The van der Waals surface area contributed by atoms with Crippen molar-refractivity contribution >= 4 is 16.9 Å². The first-order valence-electron chi connectivity index (χ1n) is 15.3. The molecule has 3 aromatic rings. The summed E-state index contributed by atoms with van der Waals surface area (Å²) < 4.78 is 18.8. The lowest BCUT2D eigenvalue weighted by Crippen LogP contribution is -2.57. The number of aliphatic hydroxyl groups is 2. The van der Waals surface area contributed by atoms with E-state index in [1.807, 2.05) is 25.3 Å². The molecule has 0 radical (unpaired) electrons. The summed E-state index contributed by atoms with van der Waals surface area (Å²) in [6.45, 7) is 6.96. The van der Waals surface area contributed by atoms with E-state index < -0.39 is 41.4 Å². The molecule has 3 heterocycles. The van der Waals surface area contributed by atoms with E-state index in [4.69, 9.17) is 13.9 Å². The Labute approximate surface area is 266 Å². The Bertz CT molecular complexity index is 1790. The van der Waals surface area contributed by atoms with Gasteiger partial charge in [-0.2, -0.15) is 0 Å². The first-order valence-corrected chi connectivity index (χ1v) is 15.3. The number of rotatable bonds is 10. The molecule has 0 fully saturated rings. The van der Waals surface area contributed by atoms with Gasteiger partial charge in [-0.25, -0.2) is 4.79 Å². The van der Waals surface area contributed by atoms with E-state index in [0.717, 1.165) is 18.2 Å². The van der Waals surface area contributed by atoms with Gasteiger partial charge in [0.15, 0.2) is 11.0 Å². The maximum Gasteiger partial charge on any atom is 0.333 e. The van der Waals surface area contributed by atoms with E-state index in [-0.39, 0.29) is 58.5 Å². The fourth-order valence-corrected chi connectivity index (χ4v) is 6.00. The fourth-order valence-electron chi connectivity index (χ4n) is 6.00. The number of phenols is 2. The summed E-state index contributed by atoms with van der Waals surface area (Å²) in [5, 5.41) is 49.1. The van der Waals surface area contributed by atoms with Gasteiger partial charge in [0.2, 0.25) is 0 Å². The molecule has 0 aliphatic carbocycles. The number of phenolic OH excluding ortho intramolecular Hbond substituents is 2. The number of carbonyl (C=O) groups is 1. The van der Waals surface area contributed by atoms with Gasteiger partial charge in [0.25, 0.3) is 0 Å². The van der Waals surface area contributed by atoms with Gasteiger partial charge in [-0.3, -0.25) is 10.1 Å². The molecule has 244 valence electrons. The smallest absolute Gasteiger partial charge is 0.333 e. The normalized spacial score (nSPS) is 21.6. The highest BCUT2D eigenvalue weighted by atomic mass is 16.6. The van der Waals surface area contributed by atoms with Gasteiger partial charge >= 0.3 is 5.97 Å². The van der Waals surface area contributed by atoms with Crippen molar-refractivity contribution in [2.75, 3.05) is 13.2 Å². The molecule has 2 aromatic carbocycles. The van der Waals surface area contributed by atoms with E-state index in [1.54, 1.807) is 39.0 Å². The van der Waals surface area contributed by atoms with Gasteiger partial charge in [0.1, 0.15) is 46.7 Å². The van der Waals surface area contributed by atoms with Crippen molar-refractivity contribution < 1.29 is 39.1 Å². The molecule has 4 atom stereocenters. The Hall–Kier alpha value is -4.58. The van der Waals surface area contributed by atoms with Crippen molar-refractivity contribution in [3.05, 3.63) is 87.5 Å². The van der Waals surface area contributed by atoms with Crippen LogP contribution in [0.2, 0.25) is 0 Å². The number of benzene rings is 2. The van der Waals surface area contributed by atoms with Crippen LogP contribution in [0.5, 0.6) is 17.2 Å². The van der Waals surface area contributed by atoms with E-state index >= 15 is 0 Å². The second-order valence-electron chi connectivity index (χ2n) is 11.7. The number of aliphatic hydroxyl groups excluding tert-OH is 2. The van der Waals surface area contributed by atoms with Crippen molar-refractivity contribution in [2.45, 2.75) is 65.0 Å². The Morgan fingerprint density at radius 1 is 1.26 bits per heavy atom. The topological polar surface area (TPSA) is 171 Å². The molecule has 0 saturated carbocycles. The monoisotopic (exact) mass is 632 g/mol. The highest BCUT2D eigenvalue weighted by molar-refractivity contribution is 6.01. The van der Waals surface area contributed by atoms with Crippen molar-refractivity contribution in [2.24, 2.45) is 5.92 Å². The maximum absolute atomic E-state index is 13.3. The molecule has 11 heteroatoms. The largest absolute Gasteiger partial charge is 0.508 e. The molecule has 0 saturated heterocycles. The molecule has 6 N–H and O–H groups in total. The van der Waals surface area contributed by atoms with E-state index in [2.05, 4.69) is 10.6 Å². The summed E-state index contributed by atoms with van der Waals surface area (Å²) in [7, 11) is 0. The van der Waals surface area contributed by atoms with Crippen molar-refractivity contribution in [3.8, 4) is 28.4 Å². The zero-order valence-electron chi connectivity index (χ0n) is 26.3. The van der Waals surface area contributed by atoms with Crippen LogP contribution in [0.3, 0.4) is 0 Å². The average Bonchev–Trinajstić information content (AvgIpc) is 3.04. The van der Waals surface area contributed by atoms with Crippen LogP contribution in [-0.2, 0) is 22.6 Å². The highest BCUT2D eigenvalue weighted by Gasteiger charge is 2.51. The maximum atomic E-state index is 13.3. The number of carbonyl (C=O) groups excluding carboxylic acids is 1. The van der Waals surface area contributed by atoms with Crippen molar-refractivity contribution in [1.29, 1.82) is 0 Å². The Morgan fingerprint density at radius 3 is 2.67 bits per heavy atom. The standard InChI is InChI=1S/C35H40N2O9/c1-5-19(3)34(43)45-27-15-25-31(42)30-26(41)14-24(18-39)44-33(30)29(21-8-7-9-23(40)13-21)32(25)46-35(27,4)22(17-38)12-20-10-11-28(36-6-2)37-16-20/h5,7-11,13-14,16,22,27-28,36-40,42H,6,12,15,17-18H2,1-4H3/b19-5-/t22-,27-,28?,35+/m1/s1. The number of ether oxygens (including phenoxy) is 2. The minimum Gasteiger partial charge on any atom is -0.508 e. The fraction of sp³-hybridized carbons (Fsp3) is 0.371. The Morgan fingerprint density at radius 2 is 2.04 bits per heavy atom. The van der Waals surface area contributed by atoms with Gasteiger partial charge in [-0.05, 0) is 63.1 Å². The predicted molar refractivity (Wildman–Crippen MR) is 172 cm³/mol. The lowest BCUT2D eigenvalue weighted by atomic mass is 9.75. The average molecular weight is 633 g/mol. The highest BCUT2D eigenvalue weighted by Crippen LogP contribution is 2.52. The van der Waals surface area contributed by atoms with Crippen molar-refractivity contribution in [1.82, 2.24) is 10.6 Å². The van der Waals surface area contributed by atoms with E-state index in [0.29, 0.717) is 17.6 Å². The Balaban J connectivity index is 1.72. The predicted octanol–water partition coefficient (Wildman–Crippen LogP) is 3.91. The van der Waals surface area contributed by atoms with Crippen LogP contribution >= 0.6 is 0 Å². The van der Waals surface area contributed by atoms with Crippen LogP contribution < -0.4 is 20.8 Å². The van der Waals surface area contributed by atoms with Crippen LogP contribution in [0.4, 0.5) is 0 Å². The molecule has 1 unspecified atom stereocenters. The Kier molecular flexibility index (Phi) is 9.57. The molecule has 11 nitrogen and oxygen atoms in total. The second-order valence-corrected chi connectivity index (χ2v) is 11.7. The van der Waals surface area contributed by atoms with E-state index in [1.165, 1.54) is 12.1 Å². The third-order valence-electron chi connectivity index (χ3n) is 8.78. The molecule has 1 aromatic heterocycles. The number of aromatic hydroxyl groups is 2. The zero-order valence-corrected chi connectivity index (χ0v) is 26.3. The minimum absolute atomic E-state index is 0.0296. The number of dihydropyridines is 1. The summed E-state index contributed by atoms with van der Waals surface area (Å²) in [4.78, 5) is 26.5. The zero-order chi connectivity index (χ0) is 33.2. The molecule has 0 bridgehead atoms. The molecular weight excluding hydrogens is 592 g/mol. The van der Waals surface area contributed by atoms with Gasteiger partial charge < -0.3 is 39.6 Å². The van der Waals surface area contributed by atoms with Gasteiger partial charge in [-0.15, -0.1) is 0 Å². The van der Waals surface area contributed by atoms with Crippen LogP contribution in [0, 0.1) is 5.92 Å². The van der Waals surface area contributed by atoms with Gasteiger partial charge in [-0.1, -0.05) is 31.2 Å². The molecule has 2 aliphatic rings. The molecule has 0 amide bonds. The number of hydrogen-bond donors (Lipinski definition) is 6. The number of allylic oxidation sites excluding steroid dienone is 3. The number of fused-ring (bicyclic) bond motifs is 2. The number of esters is 1. The van der Waals surface area contributed by atoms with Crippen LogP contribution in [0.15, 0.2) is 75.1 Å². The first-order chi connectivity index (χ1) is 22.0. The molecular formula is C35H40N2O9. The number of likely N-dealkylation sites (N-methyl/N-ethyl adjacent to an activating group) is 1. The summed E-state index contributed by atoms with van der Waals surface area (Å²) in [6, 6.07) is 7.35. The summed E-state index contributed by atoms with van der Waals surface area (Å²) in [5.41, 5.74) is 0.127. The second kappa shape index (κ2) is 13.4. The number of hydrogen-bond acceptors (Lipinski definition) is 11. The lowest BCUT2D eigenvalue weighted by Gasteiger charge is -2.46. The lowest BCUT2D eigenvalue weighted by molar-refractivity contribution is -0.166. The minimum atomic E-state index is -1.36. The van der Waals surface area contributed by atoms with Crippen LogP contribution in [-0.4, -0.2) is 57.4 Å². The summed E-state index contributed by atoms with van der Waals surface area (Å²) in [5.74, 6) is -1.57. The molecule has 46 heavy (non-hydrogen) atoms. The van der Waals surface area contributed by atoms with Crippen LogP contribution in [0.25, 0.3) is 22.1 Å².